The summed E-state index contributed by atoms with van der Waals surface area (Å²) in [7, 11) is 0. The largest absolute Gasteiger partial charge is 0.370 e. The number of carbonyl (C=O) groups excluding carboxylic acids is 2. The van der Waals surface area contributed by atoms with Crippen LogP contribution in [0.4, 0.5) is 11.4 Å². The highest BCUT2D eigenvalue weighted by atomic mass is 16.2. The Kier molecular flexibility index (Phi) is 5.26. The molecule has 0 saturated carbocycles. The second-order valence-electron chi connectivity index (χ2n) is 6.05. The lowest BCUT2D eigenvalue weighted by atomic mass is 10.1. The molecule has 1 heterocycles. The predicted molar refractivity (Wildman–Crippen MR) is 96.5 cm³/mol. The zero-order chi connectivity index (χ0) is 16.8. The molecule has 0 unspecified atom stereocenters. The Bertz CT molecular complexity index is 707. The first-order valence-electron chi connectivity index (χ1n) is 8.46. The summed E-state index contributed by atoms with van der Waals surface area (Å²) in [4.78, 5) is 26.6. The Morgan fingerprint density at radius 1 is 0.875 bits per heavy atom. The Morgan fingerprint density at radius 2 is 1.54 bits per heavy atom. The van der Waals surface area contributed by atoms with Crippen LogP contribution in [0.2, 0.25) is 0 Å². The van der Waals surface area contributed by atoms with Crippen LogP contribution < -0.4 is 10.2 Å². The fourth-order valence-corrected chi connectivity index (χ4v) is 3.02. The van der Waals surface area contributed by atoms with Gasteiger partial charge in [0.15, 0.2) is 5.78 Å². The van der Waals surface area contributed by atoms with Crippen molar-refractivity contribution in [2.45, 2.75) is 25.7 Å². The standard InChI is InChI=1S/C20H22N2O2/c23-19(16-8-2-1-3-9-16)12-13-20(24)21-17-10-4-5-11-18(17)22-14-6-7-15-22/h1-5,8-11H,6-7,12-15H2,(H,21,24). The van der Waals surface area contributed by atoms with Crippen LogP contribution in [0.15, 0.2) is 54.6 Å². The van der Waals surface area contributed by atoms with E-state index in [1.807, 2.05) is 42.5 Å². The molecule has 1 aliphatic rings. The highest BCUT2D eigenvalue weighted by molar-refractivity contribution is 6.00. The number of amides is 1. The lowest BCUT2D eigenvalue weighted by Gasteiger charge is -2.21. The lowest BCUT2D eigenvalue weighted by molar-refractivity contribution is -0.116. The molecule has 1 amide bonds. The van der Waals surface area contributed by atoms with Crippen LogP contribution in [0.3, 0.4) is 0 Å². The van der Waals surface area contributed by atoms with E-state index in [1.54, 1.807) is 12.1 Å². The minimum absolute atomic E-state index is 0.00132. The fraction of sp³-hybridized carbons (Fsp3) is 0.300. The molecule has 0 bridgehead atoms. The molecule has 3 rings (SSSR count). The lowest BCUT2D eigenvalue weighted by Crippen LogP contribution is -2.21. The first-order chi connectivity index (χ1) is 11.7. The quantitative estimate of drug-likeness (QED) is 0.821. The van der Waals surface area contributed by atoms with Crippen molar-refractivity contribution < 1.29 is 9.59 Å². The van der Waals surface area contributed by atoms with E-state index in [2.05, 4.69) is 10.2 Å². The average molecular weight is 322 g/mol. The molecule has 0 radical (unpaired) electrons. The van der Waals surface area contributed by atoms with E-state index < -0.39 is 0 Å². The van der Waals surface area contributed by atoms with Gasteiger partial charge in [-0.25, -0.2) is 0 Å². The summed E-state index contributed by atoms with van der Waals surface area (Å²) in [5.41, 5.74) is 2.55. The summed E-state index contributed by atoms with van der Waals surface area (Å²) in [5.74, 6) is -0.121. The van der Waals surface area contributed by atoms with Gasteiger partial charge in [0.1, 0.15) is 0 Å². The van der Waals surface area contributed by atoms with Gasteiger partial charge < -0.3 is 10.2 Å². The summed E-state index contributed by atoms with van der Waals surface area (Å²) in [6.07, 6.45) is 2.80. The number of hydrogen-bond donors (Lipinski definition) is 1. The van der Waals surface area contributed by atoms with Gasteiger partial charge in [-0.1, -0.05) is 42.5 Å². The van der Waals surface area contributed by atoms with E-state index in [9.17, 15) is 9.59 Å². The van der Waals surface area contributed by atoms with Gasteiger partial charge in [-0.2, -0.15) is 0 Å². The van der Waals surface area contributed by atoms with Crippen LogP contribution in [-0.4, -0.2) is 24.8 Å². The third-order valence-electron chi connectivity index (χ3n) is 4.30. The molecule has 2 aromatic rings. The number of rotatable bonds is 6. The van der Waals surface area contributed by atoms with Gasteiger partial charge >= 0.3 is 0 Å². The topological polar surface area (TPSA) is 49.4 Å². The number of Topliss-reactive ketones (excluding diaryl/α,β-unsaturated/α-hetero) is 1. The van der Waals surface area contributed by atoms with Crippen molar-refractivity contribution >= 4 is 23.1 Å². The molecule has 0 spiro atoms. The maximum atomic E-state index is 12.2. The third kappa shape index (κ3) is 4.02. The highest BCUT2D eigenvalue weighted by Crippen LogP contribution is 2.28. The van der Waals surface area contributed by atoms with Crippen molar-refractivity contribution in [1.29, 1.82) is 0 Å². The smallest absolute Gasteiger partial charge is 0.224 e. The Hall–Kier alpha value is -2.62. The number of nitrogens with zero attached hydrogens (tertiary/aromatic N) is 1. The SMILES string of the molecule is O=C(CCC(=O)c1ccccc1)Nc1ccccc1N1CCCC1. The second-order valence-corrected chi connectivity index (χ2v) is 6.05. The molecule has 1 N–H and O–H groups in total. The van der Waals surface area contributed by atoms with Crippen molar-refractivity contribution in [1.82, 2.24) is 0 Å². The second kappa shape index (κ2) is 7.77. The zero-order valence-electron chi connectivity index (χ0n) is 13.7. The van der Waals surface area contributed by atoms with Gasteiger partial charge in [0.05, 0.1) is 11.4 Å². The predicted octanol–water partition coefficient (Wildman–Crippen LogP) is 3.89. The first-order valence-corrected chi connectivity index (χ1v) is 8.46. The van der Waals surface area contributed by atoms with Crippen molar-refractivity contribution in [3.8, 4) is 0 Å². The Balaban J connectivity index is 1.58. The van der Waals surface area contributed by atoms with E-state index in [0.717, 1.165) is 24.5 Å². The van der Waals surface area contributed by atoms with Gasteiger partial charge in [0, 0.05) is 31.5 Å². The third-order valence-corrected chi connectivity index (χ3v) is 4.30. The van der Waals surface area contributed by atoms with Crippen molar-refractivity contribution in [2.75, 3.05) is 23.3 Å². The molecule has 0 aliphatic carbocycles. The maximum absolute atomic E-state index is 12.2. The number of para-hydroxylation sites is 2. The summed E-state index contributed by atoms with van der Waals surface area (Å²) in [6.45, 7) is 2.05. The van der Waals surface area contributed by atoms with Gasteiger partial charge in [-0.15, -0.1) is 0 Å². The van der Waals surface area contributed by atoms with Crippen molar-refractivity contribution in [3.05, 3.63) is 60.2 Å². The molecular weight excluding hydrogens is 300 g/mol. The van der Waals surface area contributed by atoms with Crippen LogP contribution >= 0.6 is 0 Å². The molecule has 1 fully saturated rings. The van der Waals surface area contributed by atoms with E-state index in [-0.39, 0.29) is 24.5 Å². The first kappa shape index (κ1) is 16.2. The molecule has 0 aromatic heterocycles. The zero-order valence-corrected chi connectivity index (χ0v) is 13.7. The number of anilines is 2. The molecule has 4 nitrogen and oxygen atoms in total. The van der Waals surface area contributed by atoms with E-state index >= 15 is 0 Å². The molecule has 2 aromatic carbocycles. The van der Waals surface area contributed by atoms with Gasteiger partial charge in [0.2, 0.25) is 5.91 Å². The van der Waals surface area contributed by atoms with Crippen LogP contribution in [0.5, 0.6) is 0 Å². The number of carbonyl (C=O) groups is 2. The molecule has 1 aliphatic heterocycles. The van der Waals surface area contributed by atoms with Crippen LogP contribution in [0.1, 0.15) is 36.0 Å². The summed E-state index contributed by atoms with van der Waals surface area (Å²) < 4.78 is 0. The number of ketones is 1. The highest BCUT2D eigenvalue weighted by Gasteiger charge is 2.17. The van der Waals surface area contributed by atoms with Gasteiger partial charge in [-0.3, -0.25) is 9.59 Å². The molecule has 24 heavy (non-hydrogen) atoms. The monoisotopic (exact) mass is 322 g/mol. The fourth-order valence-electron chi connectivity index (χ4n) is 3.02. The minimum Gasteiger partial charge on any atom is -0.370 e. The maximum Gasteiger partial charge on any atom is 0.224 e. The number of nitrogens with one attached hydrogen (secondary N) is 1. The number of hydrogen-bond acceptors (Lipinski definition) is 3. The average Bonchev–Trinajstić information content (AvgIpc) is 3.15. The van der Waals surface area contributed by atoms with Crippen LogP contribution in [-0.2, 0) is 4.79 Å². The summed E-state index contributed by atoms with van der Waals surface area (Å²) in [5, 5.41) is 2.96. The molecule has 1 saturated heterocycles. The van der Waals surface area contributed by atoms with Crippen LogP contribution in [0.25, 0.3) is 0 Å². The normalized spacial score (nSPS) is 13.8. The number of benzene rings is 2. The van der Waals surface area contributed by atoms with Crippen LogP contribution in [0, 0.1) is 0 Å². The Morgan fingerprint density at radius 3 is 2.29 bits per heavy atom. The van der Waals surface area contributed by atoms with Crippen molar-refractivity contribution in [2.24, 2.45) is 0 Å². The van der Waals surface area contributed by atoms with Crippen molar-refractivity contribution in [3.63, 3.8) is 0 Å². The summed E-state index contributed by atoms with van der Waals surface area (Å²) >= 11 is 0. The van der Waals surface area contributed by atoms with Gasteiger partial charge in [0.25, 0.3) is 0 Å². The summed E-state index contributed by atoms with van der Waals surface area (Å²) in [6, 6.07) is 17.0. The molecule has 0 atom stereocenters. The molecule has 4 heteroatoms. The Labute approximate surface area is 142 Å². The van der Waals surface area contributed by atoms with E-state index in [4.69, 9.17) is 0 Å². The van der Waals surface area contributed by atoms with E-state index in [1.165, 1.54) is 12.8 Å². The minimum atomic E-state index is -0.120. The van der Waals surface area contributed by atoms with Gasteiger partial charge in [-0.05, 0) is 25.0 Å². The van der Waals surface area contributed by atoms with E-state index in [0.29, 0.717) is 5.56 Å². The molecular formula is C20H22N2O2. The molecule has 124 valence electrons.